The molecule has 0 aliphatic carbocycles. The van der Waals surface area contributed by atoms with Gasteiger partial charge in [0, 0.05) is 13.1 Å². The van der Waals surface area contributed by atoms with Crippen LogP contribution in [0.3, 0.4) is 0 Å². The van der Waals surface area contributed by atoms with Crippen LogP contribution in [-0.4, -0.2) is 41.3 Å². The van der Waals surface area contributed by atoms with Crippen LogP contribution >= 0.6 is 0 Å². The number of hydrogen-bond donors (Lipinski definition) is 0. The fourth-order valence-corrected chi connectivity index (χ4v) is 2.60. The van der Waals surface area contributed by atoms with Crippen molar-refractivity contribution in [3.05, 3.63) is 23.4 Å². The molecule has 1 amide bonds. The third-order valence-electron chi connectivity index (χ3n) is 3.99. The van der Waals surface area contributed by atoms with Gasteiger partial charge in [-0.25, -0.2) is 9.78 Å². The van der Waals surface area contributed by atoms with Crippen LogP contribution in [0.5, 0.6) is 5.88 Å². The Morgan fingerprint density at radius 3 is 2.44 bits per heavy atom. The lowest BCUT2D eigenvalue weighted by Crippen LogP contribution is -2.42. The standard InChI is InChI=1S/C18H22F3N3O3/c1-17(2,3)27-16(25)24-8-6-12(7-9-24)11-26-15-13(10-22)4-5-14(23-15)18(19,20)21/h4-5,12H,6-9,11H2,1-3H3. The molecule has 148 valence electrons. The number of rotatable bonds is 3. The second-order valence-electron chi connectivity index (χ2n) is 7.38. The number of likely N-dealkylation sites (tertiary alicyclic amines) is 1. The topological polar surface area (TPSA) is 75.4 Å². The van der Waals surface area contributed by atoms with Gasteiger partial charge in [-0.1, -0.05) is 0 Å². The van der Waals surface area contributed by atoms with Crippen LogP contribution in [0.15, 0.2) is 12.1 Å². The minimum atomic E-state index is -4.61. The van der Waals surface area contributed by atoms with Crippen molar-refractivity contribution in [1.29, 1.82) is 5.26 Å². The van der Waals surface area contributed by atoms with Crippen LogP contribution in [0.4, 0.5) is 18.0 Å². The van der Waals surface area contributed by atoms with E-state index in [-0.39, 0.29) is 30.1 Å². The van der Waals surface area contributed by atoms with Gasteiger partial charge in [-0.05, 0) is 51.7 Å². The minimum absolute atomic E-state index is 0.0470. The van der Waals surface area contributed by atoms with Crippen LogP contribution in [0.25, 0.3) is 0 Å². The monoisotopic (exact) mass is 385 g/mol. The third-order valence-corrected chi connectivity index (χ3v) is 3.99. The van der Waals surface area contributed by atoms with Crippen molar-refractivity contribution in [2.75, 3.05) is 19.7 Å². The predicted molar refractivity (Wildman–Crippen MR) is 90.0 cm³/mol. The average molecular weight is 385 g/mol. The molecule has 0 aromatic carbocycles. The number of piperidine rings is 1. The number of halogens is 3. The summed E-state index contributed by atoms with van der Waals surface area (Å²) in [6.07, 6.45) is -3.74. The lowest BCUT2D eigenvalue weighted by molar-refractivity contribution is -0.141. The van der Waals surface area contributed by atoms with Crippen molar-refractivity contribution in [1.82, 2.24) is 9.88 Å². The van der Waals surface area contributed by atoms with E-state index in [1.807, 2.05) is 0 Å². The zero-order valence-corrected chi connectivity index (χ0v) is 15.5. The molecule has 6 nitrogen and oxygen atoms in total. The SMILES string of the molecule is CC(C)(C)OC(=O)N1CCC(COc2nc(C(F)(F)F)ccc2C#N)CC1. The highest BCUT2D eigenvalue weighted by atomic mass is 19.4. The molecule has 1 aromatic heterocycles. The van der Waals surface area contributed by atoms with Crippen molar-refractivity contribution < 1.29 is 27.4 Å². The number of carbonyl (C=O) groups is 1. The lowest BCUT2D eigenvalue weighted by atomic mass is 9.98. The predicted octanol–water partition coefficient (Wildman–Crippen LogP) is 4.00. The molecule has 1 fully saturated rings. The second kappa shape index (κ2) is 8.03. The first-order chi connectivity index (χ1) is 12.5. The van der Waals surface area contributed by atoms with Gasteiger partial charge < -0.3 is 14.4 Å². The highest BCUT2D eigenvalue weighted by Crippen LogP contribution is 2.30. The fraction of sp³-hybridized carbons (Fsp3) is 0.611. The van der Waals surface area contributed by atoms with E-state index < -0.39 is 17.5 Å². The van der Waals surface area contributed by atoms with Gasteiger partial charge in [-0.3, -0.25) is 0 Å². The van der Waals surface area contributed by atoms with Crippen LogP contribution in [0, 0.1) is 17.2 Å². The maximum Gasteiger partial charge on any atom is 0.433 e. The minimum Gasteiger partial charge on any atom is -0.476 e. The maximum absolute atomic E-state index is 12.8. The Kier molecular flexibility index (Phi) is 6.19. The van der Waals surface area contributed by atoms with E-state index in [4.69, 9.17) is 14.7 Å². The molecule has 0 saturated carbocycles. The zero-order valence-electron chi connectivity index (χ0n) is 15.5. The first-order valence-corrected chi connectivity index (χ1v) is 8.58. The molecule has 1 aliphatic heterocycles. The van der Waals surface area contributed by atoms with Gasteiger partial charge in [0.15, 0.2) is 0 Å². The summed E-state index contributed by atoms with van der Waals surface area (Å²) in [6, 6.07) is 3.59. The maximum atomic E-state index is 12.8. The van der Waals surface area contributed by atoms with Crippen LogP contribution in [0.1, 0.15) is 44.9 Å². The smallest absolute Gasteiger partial charge is 0.433 e. The summed E-state index contributed by atoms with van der Waals surface area (Å²) in [5, 5.41) is 9.03. The van der Waals surface area contributed by atoms with Crippen molar-refractivity contribution in [3.8, 4) is 11.9 Å². The van der Waals surface area contributed by atoms with Crippen LogP contribution < -0.4 is 4.74 Å². The Bertz CT molecular complexity index is 715. The number of nitrogens with zero attached hydrogens (tertiary/aromatic N) is 3. The van der Waals surface area contributed by atoms with Crippen molar-refractivity contribution >= 4 is 6.09 Å². The summed E-state index contributed by atoms with van der Waals surface area (Å²) in [7, 11) is 0. The molecule has 2 rings (SSSR count). The Labute approximate surface area is 155 Å². The number of nitriles is 1. The number of hydrogen-bond acceptors (Lipinski definition) is 5. The molecule has 9 heteroatoms. The molecule has 1 saturated heterocycles. The summed E-state index contributed by atoms with van der Waals surface area (Å²) in [6.45, 7) is 6.46. The fourth-order valence-electron chi connectivity index (χ4n) is 2.60. The first kappa shape index (κ1) is 20.8. The molecule has 1 aliphatic rings. The van der Waals surface area contributed by atoms with Gasteiger partial charge in [0.2, 0.25) is 5.88 Å². The molecule has 1 aromatic rings. The molecule has 0 atom stereocenters. The zero-order chi connectivity index (χ0) is 20.2. The van der Waals surface area contributed by atoms with E-state index in [0.717, 1.165) is 12.1 Å². The molecule has 0 bridgehead atoms. The molecule has 0 spiro atoms. The first-order valence-electron chi connectivity index (χ1n) is 8.58. The molecular weight excluding hydrogens is 363 g/mol. The van der Waals surface area contributed by atoms with Gasteiger partial charge in [0.1, 0.15) is 22.9 Å². The number of ether oxygens (including phenoxy) is 2. The van der Waals surface area contributed by atoms with Gasteiger partial charge in [0.05, 0.1) is 6.61 Å². The van der Waals surface area contributed by atoms with Gasteiger partial charge >= 0.3 is 12.3 Å². The number of aromatic nitrogens is 1. The van der Waals surface area contributed by atoms with E-state index in [1.165, 1.54) is 0 Å². The Balaban J connectivity index is 1.92. The molecule has 0 radical (unpaired) electrons. The Morgan fingerprint density at radius 2 is 1.93 bits per heavy atom. The second-order valence-corrected chi connectivity index (χ2v) is 7.38. The summed E-state index contributed by atoms with van der Waals surface area (Å²) >= 11 is 0. The summed E-state index contributed by atoms with van der Waals surface area (Å²) in [5.41, 5.74) is -1.72. The third kappa shape index (κ3) is 6.01. The number of carbonyl (C=O) groups excluding carboxylic acids is 1. The Morgan fingerprint density at radius 1 is 1.30 bits per heavy atom. The number of pyridine rings is 1. The van der Waals surface area contributed by atoms with Gasteiger partial charge in [-0.2, -0.15) is 18.4 Å². The van der Waals surface area contributed by atoms with E-state index in [9.17, 15) is 18.0 Å². The molecule has 2 heterocycles. The number of amides is 1. The highest BCUT2D eigenvalue weighted by Gasteiger charge is 2.33. The average Bonchev–Trinajstić information content (AvgIpc) is 2.57. The Hall–Kier alpha value is -2.50. The molecule has 0 unspecified atom stereocenters. The summed E-state index contributed by atoms with van der Waals surface area (Å²) in [5.74, 6) is -0.270. The lowest BCUT2D eigenvalue weighted by Gasteiger charge is -2.33. The summed E-state index contributed by atoms with van der Waals surface area (Å²) < 4.78 is 49.1. The van der Waals surface area contributed by atoms with Crippen molar-refractivity contribution in [2.45, 2.75) is 45.4 Å². The van der Waals surface area contributed by atoms with E-state index in [2.05, 4.69) is 4.98 Å². The normalized spacial score (nSPS) is 16.0. The van der Waals surface area contributed by atoms with E-state index >= 15 is 0 Å². The van der Waals surface area contributed by atoms with Crippen molar-refractivity contribution in [3.63, 3.8) is 0 Å². The quantitative estimate of drug-likeness (QED) is 0.786. The molecule has 0 N–H and O–H groups in total. The van der Waals surface area contributed by atoms with Crippen LogP contribution in [-0.2, 0) is 10.9 Å². The van der Waals surface area contributed by atoms with Crippen molar-refractivity contribution in [2.24, 2.45) is 5.92 Å². The summed E-state index contributed by atoms with van der Waals surface area (Å²) in [4.78, 5) is 17.1. The van der Waals surface area contributed by atoms with Gasteiger partial charge in [-0.15, -0.1) is 0 Å². The molecule has 27 heavy (non-hydrogen) atoms. The van der Waals surface area contributed by atoms with E-state index in [0.29, 0.717) is 25.9 Å². The molecular formula is C18H22F3N3O3. The van der Waals surface area contributed by atoms with E-state index in [1.54, 1.807) is 31.7 Å². The van der Waals surface area contributed by atoms with Crippen LogP contribution in [0.2, 0.25) is 0 Å². The largest absolute Gasteiger partial charge is 0.476 e. The van der Waals surface area contributed by atoms with Gasteiger partial charge in [0.25, 0.3) is 0 Å². The number of alkyl halides is 3. The highest BCUT2D eigenvalue weighted by molar-refractivity contribution is 5.68.